The second-order valence-corrected chi connectivity index (χ2v) is 11.7. The Bertz CT molecular complexity index is 1260. The van der Waals surface area contributed by atoms with Crippen LogP contribution >= 0.6 is 11.6 Å². The van der Waals surface area contributed by atoms with Crippen molar-refractivity contribution in [3.63, 3.8) is 0 Å². The molecule has 0 spiro atoms. The zero-order valence-electron chi connectivity index (χ0n) is 21.8. The number of ether oxygens (including phenoxy) is 1. The molecule has 3 atom stereocenters. The van der Waals surface area contributed by atoms with Gasteiger partial charge in [0.25, 0.3) is 5.91 Å². The molecule has 3 rings (SSSR count). The summed E-state index contributed by atoms with van der Waals surface area (Å²) in [6, 6.07) is 2.65. The number of halogens is 2. The third-order valence-corrected chi connectivity index (χ3v) is 6.52. The number of aromatic nitrogens is 1. The number of hydrogen-bond acceptors (Lipinski definition) is 5. The molecule has 0 radical (unpaired) electrons. The molecule has 2 heterocycles. The highest BCUT2D eigenvalue weighted by atomic mass is 35.5. The number of hydrogen-bond donors (Lipinski definition) is 4. The van der Waals surface area contributed by atoms with E-state index in [-0.39, 0.29) is 57.1 Å². The van der Waals surface area contributed by atoms with Gasteiger partial charge in [0.05, 0.1) is 23.7 Å². The molecule has 3 amide bonds. The highest BCUT2D eigenvalue weighted by molar-refractivity contribution is 6.33. The van der Waals surface area contributed by atoms with Crippen LogP contribution in [0.5, 0.6) is 5.75 Å². The number of rotatable bonds is 8. The lowest BCUT2D eigenvalue weighted by Gasteiger charge is -2.27. The molecule has 2 aromatic rings. The van der Waals surface area contributed by atoms with E-state index in [2.05, 4.69) is 27.0 Å². The molecule has 0 aliphatic carbocycles. The van der Waals surface area contributed by atoms with E-state index in [4.69, 9.17) is 16.3 Å². The van der Waals surface area contributed by atoms with Crippen molar-refractivity contribution >= 4 is 40.2 Å². The van der Waals surface area contributed by atoms with Crippen molar-refractivity contribution < 1.29 is 23.5 Å². The molecule has 37 heavy (non-hydrogen) atoms. The summed E-state index contributed by atoms with van der Waals surface area (Å²) in [5.41, 5.74) is -0.662. The summed E-state index contributed by atoms with van der Waals surface area (Å²) in [4.78, 5) is 41.4. The van der Waals surface area contributed by atoms with Gasteiger partial charge < -0.3 is 25.7 Å². The van der Waals surface area contributed by atoms with Gasteiger partial charge in [-0.2, -0.15) is 5.26 Å². The molecule has 11 heteroatoms. The molecule has 1 fully saturated rings. The normalized spacial score (nSPS) is 18.6. The van der Waals surface area contributed by atoms with Gasteiger partial charge in [-0.3, -0.25) is 14.4 Å². The van der Waals surface area contributed by atoms with Crippen molar-refractivity contribution in [2.24, 2.45) is 11.3 Å². The maximum absolute atomic E-state index is 14.5. The van der Waals surface area contributed by atoms with Crippen molar-refractivity contribution in [2.45, 2.75) is 71.5 Å². The summed E-state index contributed by atoms with van der Waals surface area (Å²) < 4.78 is 19.7. The molecule has 9 nitrogen and oxygen atoms in total. The van der Waals surface area contributed by atoms with Crippen molar-refractivity contribution in [2.75, 3.05) is 7.11 Å². The highest BCUT2D eigenvalue weighted by Gasteiger charge is 2.39. The first kappa shape index (κ1) is 28.3. The Morgan fingerprint density at radius 3 is 2.54 bits per heavy atom. The van der Waals surface area contributed by atoms with Crippen LogP contribution in [0.15, 0.2) is 12.1 Å². The first-order valence-electron chi connectivity index (χ1n) is 12.0. The SMILES string of the molecule is COc1c(Cl)cc(F)c2[nH]c(C(=O)NC(CC(C)(C)C)C(=O)NC(C#N)CC3CC(C)(C)NC3=O)cc12. The van der Waals surface area contributed by atoms with Crippen LogP contribution < -0.4 is 20.7 Å². The lowest BCUT2D eigenvalue weighted by atomic mass is 9.87. The minimum Gasteiger partial charge on any atom is -0.494 e. The number of carbonyl (C=O) groups excluding carboxylic acids is 3. The Labute approximate surface area is 220 Å². The van der Waals surface area contributed by atoms with E-state index in [1.54, 1.807) is 0 Å². The quantitative estimate of drug-likeness (QED) is 0.409. The predicted octanol–water partition coefficient (Wildman–Crippen LogP) is 3.82. The summed E-state index contributed by atoms with van der Waals surface area (Å²) in [5.74, 6) is -2.17. The van der Waals surface area contributed by atoms with Crippen LogP contribution in [0.3, 0.4) is 0 Å². The molecule has 200 valence electrons. The molecule has 1 aliphatic heterocycles. The van der Waals surface area contributed by atoms with Gasteiger partial charge in [0.15, 0.2) is 0 Å². The fourth-order valence-electron chi connectivity index (χ4n) is 4.67. The first-order valence-corrected chi connectivity index (χ1v) is 12.4. The number of aromatic amines is 1. The van der Waals surface area contributed by atoms with E-state index >= 15 is 0 Å². The number of nitriles is 1. The summed E-state index contributed by atoms with van der Waals surface area (Å²) in [5, 5.41) is 18.3. The average molecular weight is 534 g/mol. The van der Waals surface area contributed by atoms with E-state index in [9.17, 15) is 24.0 Å². The van der Waals surface area contributed by atoms with E-state index in [1.165, 1.54) is 13.2 Å². The number of fused-ring (bicyclic) bond motifs is 1. The molecule has 1 saturated heterocycles. The molecule has 1 aromatic carbocycles. The van der Waals surface area contributed by atoms with E-state index in [0.717, 1.165) is 6.07 Å². The number of methoxy groups -OCH3 is 1. The van der Waals surface area contributed by atoms with Gasteiger partial charge in [0, 0.05) is 16.8 Å². The topological polar surface area (TPSA) is 136 Å². The predicted molar refractivity (Wildman–Crippen MR) is 138 cm³/mol. The van der Waals surface area contributed by atoms with Crippen LogP contribution in [0.1, 0.15) is 64.4 Å². The summed E-state index contributed by atoms with van der Waals surface area (Å²) in [6.07, 6.45) is 0.978. The second kappa shape index (κ2) is 10.6. The molecule has 3 unspecified atom stereocenters. The number of nitrogens with one attached hydrogen (secondary N) is 4. The van der Waals surface area contributed by atoms with Gasteiger partial charge in [-0.1, -0.05) is 32.4 Å². The Balaban J connectivity index is 1.79. The minimum absolute atomic E-state index is 0.0165. The zero-order valence-corrected chi connectivity index (χ0v) is 22.6. The van der Waals surface area contributed by atoms with Crippen LogP contribution in [0.2, 0.25) is 5.02 Å². The lowest BCUT2D eigenvalue weighted by Crippen LogP contribution is -2.51. The third kappa shape index (κ3) is 6.72. The second-order valence-electron chi connectivity index (χ2n) is 11.3. The Kier molecular flexibility index (Phi) is 8.08. The Hall–Kier alpha value is -3.32. The molecule has 1 aliphatic rings. The third-order valence-electron chi connectivity index (χ3n) is 6.24. The molecule has 1 aromatic heterocycles. The summed E-state index contributed by atoms with van der Waals surface area (Å²) in [6.45, 7) is 9.55. The smallest absolute Gasteiger partial charge is 0.268 e. The number of carbonyl (C=O) groups is 3. The highest BCUT2D eigenvalue weighted by Crippen LogP contribution is 2.35. The lowest BCUT2D eigenvalue weighted by molar-refractivity contribution is -0.125. The van der Waals surface area contributed by atoms with Crippen LogP contribution in [-0.2, 0) is 9.59 Å². The summed E-state index contributed by atoms with van der Waals surface area (Å²) >= 11 is 6.06. The van der Waals surface area contributed by atoms with Gasteiger partial charge >= 0.3 is 0 Å². The van der Waals surface area contributed by atoms with Crippen molar-refractivity contribution in [3.8, 4) is 11.8 Å². The van der Waals surface area contributed by atoms with Crippen molar-refractivity contribution in [1.29, 1.82) is 5.26 Å². The molecule has 0 bridgehead atoms. The van der Waals surface area contributed by atoms with E-state index < -0.39 is 35.6 Å². The van der Waals surface area contributed by atoms with Crippen LogP contribution in [0.25, 0.3) is 10.9 Å². The molecular formula is C26H33ClFN5O4. The standard InChI is InChI=1S/C26H33ClFN5O4/c1-25(2,3)11-19(24(36)30-14(12-29)7-13-10-26(4,5)33-22(13)34)32-23(35)18-8-15-20(31-18)17(28)9-16(27)21(15)37-6/h8-9,13-14,19,31H,7,10-11H2,1-6H3,(H,30,36)(H,32,35)(H,33,34). The van der Waals surface area contributed by atoms with E-state index in [1.807, 2.05) is 34.6 Å². The Morgan fingerprint density at radius 2 is 2.00 bits per heavy atom. The molecule has 4 N–H and O–H groups in total. The number of benzene rings is 1. The fraction of sp³-hybridized carbons (Fsp3) is 0.538. The largest absolute Gasteiger partial charge is 0.494 e. The molecule has 0 saturated carbocycles. The van der Waals surface area contributed by atoms with Gasteiger partial charge in [-0.25, -0.2) is 4.39 Å². The number of amides is 3. The molecular weight excluding hydrogens is 501 g/mol. The van der Waals surface area contributed by atoms with Crippen LogP contribution in [0.4, 0.5) is 4.39 Å². The Morgan fingerprint density at radius 1 is 1.32 bits per heavy atom. The van der Waals surface area contributed by atoms with Gasteiger partial charge in [-0.05, 0) is 50.7 Å². The van der Waals surface area contributed by atoms with E-state index in [0.29, 0.717) is 6.42 Å². The maximum atomic E-state index is 14.5. The minimum atomic E-state index is -0.987. The number of nitrogens with zero attached hydrogens (tertiary/aromatic N) is 1. The summed E-state index contributed by atoms with van der Waals surface area (Å²) in [7, 11) is 1.39. The van der Waals surface area contributed by atoms with Crippen molar-refractivity contribution in [3.05, 3.63) is 28.7 Å². The monoisotopic (exact) mass is 533 g/mol. The maximum Gasteiger partial charge on any atom is 0.268 e. The van der Waals surface area contributed by atoms with Crippen molar-refractivity contribution in [1.82, 2.24) is 20.9 Å². The van der Waals surface area contributed by atoms with Gasteiger partial charge in [-0.15, -0.1) is 0 Å². The first-order chi connectivity index (χ1) is 17.1. The van der Waals surface area contributed by atoms with Crippen LogP contribution in [0, 0.1) is 28.5 Å². The fourth-order valence-corrected chi connectivity index (χ4v) is 4.95. The number of H-pyrrole nitrogens is 1. The van der Waals surface area contributed by atoms with Gasteiger partial charge in [0.1, 0.15) is 29.3 Å². The van der Waals surface area contributed by atoms with Gasteiger partial charge in [0.2, 0.25) is 11.8 Å². The average Bonchev–Trinajstić information content (AvgIpc) is 3.32. The van der Waals surface area contributed by atoms with Crippen LogP contribution in [-0.4, -0.2) is 47.4 Å². The zero-order chi connectivity index (χ0) is 27.7.